The average molecular weight is 242 g/mol. The lowest BCUT2D eigenvalue weighted by atomic mass is 10.1. The molecule has 0 heterocycles. The minimum Gasteiger partial charge on any atom is -0.544 e. The number of para-hydroxylation sites is 1. The Bertz CT molecular complexity index is 486. The van der Waals surface area contributed by atoms with E-state index < -0.39 is 8.32 Å². The van der Waals surface area contributed by atoms with E-state index in [0.29, 0.717) is 0 Å². The highest BCUT2D eigenvalue weighted by molar-refractivity contribution is 6.70. The van der Waals surface area contributed by atoms with Crippen LogP contribution in [0.4, 0.5) is 0 Å². The van der Waals surface area contributed by atoms with Gasteiger partial charge < -0.3 is 4.43 Å². The molecule has 0 amide bonds. The van der Waals surface area contributed by atoms with Crippen molar-refractivity contribution in [3.05, 3.63) is 54.6 Å². The third kappa shape index (κ3) is 3.20. The summed E-state index contributed by atoms with van der Waals surface area (Å²) in [5.41, 5.74) is 2.39. The van der Waals surface area contributed by atoms with E-state index in [9.17, 15) is 0 Å². The van der Waals surface area contributed by atoms with E-state index in [-0.39, 0.29) is 0 Å². The standard InChI is InChI=1S/C15H18OSi/c1-17(2,3)16-15-12-8-7-11-14(15)13-9-5-4-6-10-13/h4-12H,1-3H3. The van der Waals surface area contributed by atoms with Crippen molar-refractivity contribution in [2.75, 3.05) is 0 Å². The van der Waals surface area contributed by atoms with Crippen LogP contribution in [-0.2, 0) is 0 Å². The van der Waals surface area contributed by atoms with Gasteiger partial charge in [0.15, 0.2) is 0 Å². The zero-order valence-electron chi connectivity index (χ0n) is 10.6. The van der Waals surface area contributed by atoms with Crippen LogP contribution >= 0.6 is 0 Å². The molecule has 0 saturated heterocycles. The lowest BCUT2D eigenvalue weighted by Gasteiger charge is -2.21. The Hall–Kier alpha value is -1.54. The van der Waals surface area contributed by atoms with Crippen LogP contribution in [-0.4, -0.2) is 8.32 Å². The van der Waals surface area contributed by atoms with Crippen LogP contribution in [0.1, 0.15) is 0 Å². The molecule has 0 aliphatic heterocycles. The van der Waals surface area contributed by atoms with Gasteiger partial charge in [-0.25, -0.2) is 0 Å². The molecule has 0 aromatic heterocycles. The van der Waals surface area contributed by atoms with Gasteiger partial charge in [0, 0.05) is 5.56 Å². The van der Waals surface area contributed by atoms with Crippen LogP contribution in [0.15, 0.2) is 54.6 Å². The van der Waals surface area contributed by atoms with E-state index in [1.54, 1.807) is 0 Å². The maximum atomic E-state index is 6.13. The summed E-state index contributed by atoms with van der Waals surface area (Å²) in [5, 5.41) is 0. The number of hydrogen-bond acceptors (Lipinski definition) is 1. The largest absolute Gasteiger partial charge is 0.544 e. The summed E-state index contributed by atoms with van der Waals surface area (Å²) in [6, 6.07) is 18.6. The first-order chi connectivity index (χ1) is 8.06. The molecule has 2 aromatic rings. The predicted molar refractivity (Wildman–Crippen MR) is 75.9 cm³/mol. The highest BCUT2D eigenvalue weighted by Crippen LogP contribution is 2.31. The van der Waals surface area contributed by atoms with Gasteiger partial charge in [0.2, 0.25) is 8.32 Å². The molecular weight excluding hydrogens is 224 g/mol. The van der Waals surface area contributed by atoms with E-state index in [4.69, 9.17) is 4.43 Å². The van der Waals surface area contributed by atoms with Gasteiger partial charge in [-0.05, 0) is 31.3 Å². The average Bonchev–Trinajstić information content (AvgIpc) is 2.29. The predicted octanol–water partition coefficient (Wildman–Crippen LogP) is 4.57. The summed E-state index contributed by atoms with van der Waals surface area (Å²) in [4.78, 5) is 0. The molecule has 0 atom stereocenters. The van der Waals surface area contributed by atoms with Gasteiger partial charge in [-0.15, -0.1) is 0 Å². The molecule has 1 nitrogen and oxygen atoms in total. The Morgan fingerprint density at radius 3 is 2.00 bits per heavy atom. The molecule has 0 aliphatic rings. The summed E-state index contributed by atoms with van der Waals surface area (Å²) in [5.74, 6) is 0.998. The highest BCUT2D eigenvalue weighted by atomic mass is 28.4. The zero-order valence-corrected chi connectivity index (χ0v) is 11.6. The van der Waals surface area contributed by atoms with Crippen LogP contribution in [0.2, 0.25) is 19.6 Å². The van der Waals surface area contributed by atoms with E-state index in [0.717, 1.165) is 5.75 Å². The third-order valence-corrected chi connectivity index (χ3v) is 3.22. The van der Waals surface area contributed by atoms with Gasteiger partial charge in [0.05, 0.1) is 0 Å². The molecule has 2 rings (SSSR count). The molecule has 0 N–H and O–H groups in total. The maximum Gasteiger partial charge on any atom is 0.242 e. The first-order valence-corrected chi connectivity index (χ1v) is 9.30. The first-order valence-electron chi connectivity index (χ1n) is 5.90. The molecule has 0 unspecified atom stereocenters. The van der Waals surface area contributed by atoms with Crippen molar-refractivity contribution >= 4 is 8.32 Å². The fourth-order valence-electron chi connectivity index (χ4n) is 1.74. The molecule has 2 heteroatoms. The van der Waals surface area contributed by atoms with E-state index in [1.165, 1.54) is 11.1 Å². The molecule has 88 valence electrons. The molecule has 0 spiro atoms. The van der Waals surface area contributed by atoms with E-state index >= 15 is 0 Å². The normalized spacial score (nSPS) is 11.2. The smallest absolute Gasteiger partial charge is 0.242 e. The van der Waals surface area contributed by atoms with Crippen molar-refractivity contribution in [2.24, 2.45) is 0 Å². The number of hydrogen-bond donors (Lipinski definition) is 0. The van der Waals surface area contributed by atoms with Crippen molar-refractivity contribution in [1.29, 1.82) is 0 Å². The molecular formula is C15H18OSi. The van der Waals surface area contributed by atoms with Crippen LogP contribution in [0.25, 0.3) is 11.1 Å². The fraction of sp³-hybridized carbons (Fsp3) is 0.200. The maximum absolute atomic E-state index is 6.13. The lowest BCUT2D eigenvalue weighted by molar-refractivity contribution is 0.560. The van der Waals surface area contributed by atoms with Crippen molar-refractivity contribution in [2.45, 2.75) is 19.6 Å². The van der Waals surface area contributed by atoms with E-state index in [2.05, 4.69) is 62.1 Å². The second-order valence-corrected chi connectivity index (χ2v) is 9.51. The topological polar surface area (TPSA) is 9.23 Å². The molecule has 0 radical (unpaired) electrons. The second kappa shape index (κ2) is 4.76. The summed E-state index contributed by atoms with van der Waals surface area (Å²) in [7, 11) is -1.56. The Kier molecular flexibility index (Phi) is 3.34. The Labute approximate surface area is 104 Å². The second-order valence-electron chi connectivity index (χ2n) is 5.08. The van der Waals surface area contributed by atoms with Crippen molar-refractivity contribution in [3.8, 4) is 16.9 Å². The molecule has 0 bridgehead atoms. The van der Waals surface area contributed by atoms with Crippen LogP contribution in [0.3, 0.4) is 0 Å². The Morgan fingerprint density at radius 2 is 1.35 bits per heavy atom. The minimum absolute atomic E-state index is 0.998. The number of rotatable bonds is 3. The summed E-state index contributed by atoms with van der Waals surface area (Å²) in [6.45, 7) is 6.61. The molecule has 2 aromatic carbocycles. The monoisotopic (exact) mass is 242 g/mol. The number of benzene rings is 2. The molecule has 0 aliphatic carbocycles. The molecule has 17 heavy (non-hydrogen) atoms. The SMILES string of the molecule is C[Si](C)(C)Oc1ccccc1-c1ccccc1. The fourth-order valence-corrected chi connectivity index (χ4v) is 2.58. The summed E-state index contributed by atoms with van der Waals surface area (Å²) >= 11 is 0. The Morgan fingerprint density at radius 1 is 0.765 bits per heavy atom. The van der Waals surface area contributed by atoms with Gasteiger partial charge in [-0.2, -0.15) is 0 Å². The highest BCUT2D eigenvalue weighted by Gasteiger charge is 2.18. The van der Waals surface area contributed by atoms with Gasteiger partial charge in [-0.3, -0.25) is 0 Å². The van der Waals surface area contributed by atoms with Gasteiger partial charge >= 0.3 is 0 Å². The van der Waals surface area contributed by atoms with Crippen LogP contribution in [0.5, 0.6) is 5.75 Å². The van der Waals surface area contributed by atoms with Crippen LogP contribution < -0.4 is 4.43 Å². The molecule has 0 fully saturated rings. The summed E-state index contributed by atoms with van der Waals surface area (Å²) in [6.07, 6.45) is 0. The van der Waals surface area contributed by atoms with Crippen molar-refractivity contribution in [3.63, 3.8) is 0 Å². The third-order valence-electron chi connectivity index (χ3n) is 2.39. The van der Waals surface area contributed by atoms with Crippen molar-refractivity contribution < 1.29 is 4.43 Å². The van der Waals surface area contributed by atoms with Crippen LogP contribution in [0, 0.1) is 0 Å². The lowest BCUT2D eigenvalue weighted by Crippen LogP contribution is -2.29. The van der Waals surface area contributed by atoms with Gasteiger partial charge in [0.25, 0.3) is 0 Å². The van der Waals surface area contributed by atoms with E-state index in [1.807, 2.05) is 12.1 Å². The summed E-state index contributed by atoms with van der Waals surface area (Å²) < 4.78 is 6.13. The first kappa shape index (κ1) is 11.9. The Balaban J connectivity index is 2.41. The quantitative estimate of drug-likeness (QED) is 0.717. The minimum atomic E-state index is -1.56. The molecule has 0 saturated carbocycles. The van der Waals surface area contributed by atoms with Gasteiger partial charge in [0.1, 0.15) is 5.75 Å². The zero-order chi connectivity index (χ0) is 12.3. The van der Waals surface area contributed by atoms with Crippen molar-refractivity contribution in [1.82, 2.24) is 0 Å². The van der Waals surface area contributed by atoms with Gasteiger partial charge in [-0.1, -0.05) is 48.5 Å².